The summed E-state index contributed by atoms with van der Waals surface area (Å²) in [7, 11) is 1.88. The molecule has 1 N–H and O–H groups in total. The zero-order chi connectivity index (χ0) is 17.3. The minimum atomic E-state index is -0.309. The Kier molecular flexibility index (Phi) is 4.66. The van der Waals surface area contributed by atoms with Crippen LogP contribution in [0.3, 0.4) is 0 Å². The van der Waals surface area contributed by atoms with Crippen LogP contribution in [0, 0.1) is 25.6 Å². The quantitative estimate of drug-likeness (QED) is 0.937. The topological polar surface area (TPSA) is 56.2 Å². The third-order valence-corrected chi connectivity index (χ3v) is 4.69. The molecule has 1 amide bonds. The van der Waals surface area contributed by atoms with Crippen molar-refractivity contribution in [1.82, 2.24) is 15.1 Å². The normalized spacial score (nSPS) is 20.3. The molecule has 1 aromatic carbocycles. The number of carbonyl (C=O) groups excluding carboxylic acids is 1. The van der Waals surface area contributed by atoms with Crippen LogP contribution >= 0.6 is 0 Å². The maximum Gasteiger partial charge on any atom is 0.226 e. The summed E-state index contributed by atoms with van der Waals surface area (Å²) in [6, 6.07) is 6.46. The number of amides is 1. The van der Waals surface area contributed by atoms with Crippen LogP contribution < -0.4 is 5.32 Å². The molecular weight excluding hydrogens is 309 g/mol. The van der Waals surface area contributed by atoms with Crippen molar-refractivity contribution in [2.45, 2.75) is 32.9 Å². The Morgan fingerprint density at radius 3 is 2.83 bits per heavy atom. The monoisotopic (exact) mass is 331 g/mol. The lowest BCUT2D eigenvalue weighted by Gasteiger charge is -2.19. The van der Waals surface area contributed by atoms with Gasteiger partial charge in [-0.3, -0.25) is 9.48 Å². The maximum atomic E-state index is 13.7. The largest absolute Gasteiger partial charge is 0.373 e. The molecular formula is C18H22FN3O2. The van der Waals surface area contributed by atoms with Gasteiger partial charge in [-0.05, 0) is 26.3 Å². The van der Waals surface area contributed by atoms with Gasteiger partial charge in [0.05, 0.1) is 17.7 Å². The fourth-order valence-corrected chi connectivity index (χ4v) is 3.30. The molecule has 1 aliphatic rings. The van der Waals surface area contributed by atoms with Gasteiger partial charge in [0.15, 0.2) is 0 Å². The van der Waals surface area contributed by atoms with Gasteiger partial charge in [0.2, 0.25) is 5.91 Å². The van der Waals surface area contributed by atoms with Crippen molar-refractivity contribution in [3.05, 3.63) is 52.6 Å². The number of nitrogens with zero attached hydrogens (tertiary/aromatic N) is 2. The number of benzene rings is 1. The summed E-state index contributed by atoms with van der Waals surface area (Å²) in [5.41, 5.74) is 3.36. The Hall–Kier alpha value is -2.21. The molecule has 24 heavy (non-hydrogen) atoms. The summed E-state index contributed by atoms with van der Waals surface area (Å²) in [6.45, 7) is 4.62. The van der Waals surface area contributed by atoms with Gasteiger partial charge in [0.25, 0.3) is 0 Å². The van der Waals surface area contributed by atoms with Crippen molar-refractivity contribution < 1.29 is 13.9 Å². The minimum Gasteiger partial charge on any atom is -0.373 e. The molecule has 1 saturated heterocycles. The minimum absolute atomic E-state index is 0.108. The first-order chi connectivity index (χ1) is 11.5. The van der Waals surface area contributed by atoms with Crippen molar-refractivity contribution in [2.75, 3.05) is 6.61 Å². The van der Waals surface area contributed by atoms with Crippen LogP contribution in [0.15, 0.2) is 24.3 Å². The van der Waals surface area contributed by atoms with E-state index in [1.165, 1.54) is 6.07 Å². The third-order valence-electron chi connectivity index (χ3n) is 4.69. The van der Waals surface area contributed by atoms with Gasteiger partial charge < -0.3 is 10.1 Å². The number of aryl methyl sites for hydroxylation is 2. The van der Waals surface area contributed by atoms with E-state index in [-0.39, 0.29) is 30.3 Å². The molecule has 0 saturated carbocycles. The number of hydrogen-bond acceptors (Lipinski definition) is 3. The van der Waals surface area contributed by atoms with E-state index >= 15 is 0 Å². The molecule has 1 aliphatic heterocycles. The lowest BCUT2D eigenvalue weighted by Crippen LogP contribution is -2.32. The van der Waals surface area contributed by atoms with Crippen LogP contribution in [0.4, 0.5) is 4.39 Å². The molecule has 0 spiro atoms. The number of rotatable bonds is 4. The number of halogens is 1. The van der Waals surface area contributed by atoms with Crippen molar-refractivity contribution in [1.29, 1.82) is 0 Å². The average molecular weight is 331 g/mol. The van der Waals surface area contributed by atoms with E-state index in [1.54, 1.807) is 22.9 Å². The molecule has 0 aliphatic carbocycles. The second kappa shape index (κ2) is 6.73. The second-order valence-corrected chi connectivity index (χ2v) is 6.20. The van der Waals surface area contributed by atoms with Crippen molar-refractivity contribution in [3.63, 3.8) is 0 Å². The van der Waals surface area contributed by atoms with Crippen molar-refractivity contribution in [3.8, 4) is 0 Å². The molecule has 3 rings (SSSR count). The fourth-order valence-electron chi connectivity index (χ4n) is 3.30. The van der Waals surface area contributed by atoms with Crippen LogP contribution in [-0.2, 0) is 23.1 Å². The van der Waals surface area contributed by atoms with Crippen molar-refractivity contribution >= 4 is 5.91 Å². The van der Waals surface area contributed by atoms with Crippen LogP contribution in [0.5, 0.6) is 0 Å². The molecule has 1 fully saturated rings. The molecule has 0 bridgehead atoms. The van der Waals surface area contributed by atoms with Gasteiger partial charge in [-0.1, -0.05) is 18.2 Å². The van der Waals surface area contributed by atoms with E-state index in [9.17, 15) is 9.18 Å². The summed E-state index contributed by atoms with van der Waals surface area (Å²) >= 11 is 0. The van der Waals surface area contributed by atoms with Gasteiger partial charge in [0.1, 0.15) is 5.82 Å². The van der Waals surface area contributed by atoms with Crippen LogP contribution in [0.25, 0.3) is 0 Å². The summed E-state index contributed by atoms with van der Waals surface area (Å²) < 4.78 is 21.3. The molecule has 5 nitrogen and oxygen atoms in total. The predicted octanol–water partition coefficient (Wildman–Crippen LogP) is 2.57. The average Bonchev–Trinajstić information content (AvgIpc) is 3.11. The summed E-state index contributed by atoms with van der Waals surface area (Å²) in [5, 5.41) is 7.25. The Bertz CT molecular complexity index is 757. The highest BCUT2D eigenvalue weighted by Gasteiger charge is 2.38. The Balaban J connectivity index is 1.73. The maximum absolute atomic E-state index is 13.7. The van der Waals surface area contributed by atoms with Gasteiger partial charge in [0, 0.05) is 37.0 Å². The molecule has 0 radical (unpaired) electrons. The second-order valence-electron chi connectivity index (χ2n) is 6.20. The van der Waals surface area contributed by atoms with Gasteiger partial charge in [-0.2, -0.15) is 5.10 Å². The SMILES string of the molecule is Cc1nn(C)c(C)c1[C@H]1OCC[C@@H]1C(=O)NCc1ccccc1F. The lowest BCUT2D eigenvalue weighted by molar-refractivity contribution is -0.127. The van der Waals surface area contributed by atoms with E-state index in [0.29, 0.717) is 18.6 Å². The molecule has 2 atom stereocenters. The zero-order valence-electron chi connectivity index (χ0n) is 14.2. The highest BCUT2D eigenvalue weighted by molar-refractivity contribution is 5.79. The summed E-state index contributed by atoms with van der Waals surface area (Å²) in [6.07, 6.45) is 0.362. The predicted molar refractivity (Wildman–Crippen MR) is 87.7 cm³/mol. The van der Waals surface area contributed by atoms with Gasteiger partial charge in [-0.15, -0.1) is 0 Å². The van der Waals surface area contributed by atoms with Crippen LogP contribution in [-0.4, -0.2) is 22.3 Å². The van der Waals surface area contributed by atoms with Crippen LogP contribution in [0.2, 0.25) is 0 Å². The first-order valence-electron chi connectivity index (χ1n) is 8.12. The Labute approximate surface area is 140 Å². The molecule has 128 valence electrons. The van der Waals surface area contributed by atoms with E-state index in [2.05, 4.69) is 10.4 Å². The van der Waals surface area contributed by atoms with Crippen LogP contribution in [0.1, 0.15) is 35.0 Å². The van der Waals surface area contributed by atoms with E-state index in [0.717, 1.165) is 17.0 Å². The Morgan fingerprint density at radius 1 is 1.42 bits per heavy atom. The third kappa shape index (κ3) is 3.06. The van der Waals surface area contributed by atoms with E-state index in [1.807, 2.05) is 20.9 Å². The number of nitrogens with one attached hydrogen (secondary N) is 1. The highest BCUT2D eigenvalue weighted by atomic mass is 19.1. The zero-order valence-corrected chi connectivity index (χ0v) is 14.2. The number of hydrogen-bond donors (Lipinski definition) is 1. The molecule has 2 aromatic rings. The van der Waals surface area contributed by atoms with Gasteiger partial charge in [-0.25, -0.2) is 4.39 Å². The number of aromatic nitrogens is 2. The Morgan fingerprint density at radius 2 is 2.17 bits per heavy atom. The number of carbonyl (C=O) groups is 1. The van der Waals surface area contributed by atoms with E-state index in [4.69, 9.17) is 4.74 Å². The smallest absolute Gasteiger partial charge is 0.226 e. The molecule has 1 aromatic heterocycles. The molecule has 6 heteroatoms. The number of ether oxygens (including phenoxy) is 1. The first-order valence-corrected chi connectivity index (χ1v) is 8.12. The molecule has 2 heterocycles. The fraction of sp³-hybridized carbons (Fsp3) is 0.444. The standard InChI is InChI=1S/C18H22FN3O2/c1-11-16(12(2)22(3)21-11)17-14(8-9-24-17)18(23)20-10-13-6-4-5-7-15(13)19/h4-7,14,17H,8-10H2,1-3H3,(H,20,23)/t14-,17-/m0/s1. The van der Waals surface area contributed by atoms with Crippen molar-refractivity contribution in [2.24, 2.45) is 13.0 Å². The van der Waals surface area contributed by atoms with Gasteiger partial charge >= 0.3 is 0 Å². The highest BCUT2D eigenvalue weighted by Crippen LogP contribution is 2.37. The summed E-state index contributed by atoms with van der Waals surface area (Å²) in [4.78, 5) is 12.6. The summed E-state index contributed by atoms with van der Waals surface area (Å²) in [5.74, 6) is -0.697. The molecule has 0 unspecified atom stereocenters. The van der Waals surface area contributed by atoms with E-state index < -0.39 is 0 Å². The lowest BCUT2D eigenvalue weighted by atomic mass is 9.93. The first kappa shape index (κ1) is 16.6.